The Balaban J connectivity index is 2.23. The summed E-state index contributed by atoms with van der Waals surface area (Å²) in [4.78, 5) is 45.6. The summed E-state index contributed by atoms with van der Waals surface area (Å²) in [6.45, 7) is 1.15. The van der Waals surface area contributed by atoms with Crippen LogP contribution in [0.2, 0.25) is 0 Å². The van der Waals surface area contributed by atoms with Crippen LogP contribution in [-0.4, -0.2) is 57.7 Å². The number of H-pyrrole nitrogens is 1. The summed E-state index contributed by atoms with van der Waals surface area (Å²) in [7, 11) is 1.20. The molecule has 0 fully saturated rings. The summed E-state index contributed by atoms with van der Waals surface area (Å²) in [5, 5.41) is 11.6. The molecule has 10 heteroatoms. The molecule has 1 aliphatic heterocycles. The number of benzene rings is 1. The normalized spacial score (nSPS) is 19.2. The van der Waals surface area contributed by atoms with Gasteiger partial charge in [0.25, 0.3) is 0 Å². The molecular weight excluding hydrogens is 380 g/mol. The fourth-order valence-electron chi connectivity index (χ4n) is 3.90. The molecule has 1 aromatic heterocycles. The van der Waals surface area contributed by atoms with Crippen LogP contribution < -0.4 is 0 Å². The lowest BCUT2D eigenvalue weighted by Gasteiger charge is -2.46. The third-order valence-electron chi connectivity index (χ3n) is 5.18. The number of aromatic nitrogens is 2. The van der Waals surface area contributed by atoms with E-state index in [-0.39, 0.29) is 19.6 Å². The number of nitrogens with zero attached hydrogens (tertiary/aromatic N) is 3. The fourth-order valence-corrected chi connectivity index (χ4v) is 3.90. The van der Waals surface area contributed by atoms with Gasteiger partial charge < -0.3 is 14.5 Å². The second-order valence-electron chi connectivity index (χ2n) is 6.68. The minimum absolute atomic E-state index is 0.00961. The molecule has 10 nitrogen and oxygen atoms in total. The SMILES string of the molecule is CCOC(=O)N1Cc2[nH]cnc2C[C@]1(C(=O)OC)C(C[N+](=O)[O-])c1ccccc1. The molecule has 0 radical (unpaired) electrons. The molecule has 2 atom stereocenters. The third kappa shape index (κ3) is 3.65. The molecule has 1 unspecified atom stereocenters. The van der Waals surface area contributed by atoms with Crippen molar-refractivity contribution in [2.75, 3.05) is 20.3 Å². The molecule has 0 saturated carbocycles. The van der Waals surface area contributed by atoms with E-state index in [2.05, 4.69) is 9.97 Å². The molecule has 1 aromatic carbocycles. The van der Waals surface area contributed by atoms with E-state index in [4.69, 9.17) is 9.47 Å². The van der Waals surface area contributed by atoms with Gasteiger partial charge in [-0.3, -0.25) is 15.0 Å². The number of nitrogens with one attached hydrogen (secondary N) is 1. The van der Waals surface area contributed by atoms with E-state index in [1.165, 1.54) is 18.3 Å². The number of hydrogen-bond donors (Lipinski definition) is 1. The highest BCUT2D eigenvalue weighted by Crippen LogP contribution is 2.42. The maximum absolute atomic E-state index is 13.2. The van der Waals surface area contributed by atoms with Crippen molar-refractivity contribution in [2.24, 2.45) is 0 Å². The Morgan fingerprint density at radius 2 is 2.10 bits per heavy atom. The summed E-state index contributed by atoms with van der Waals surface area (Å²) in [6.07, 6.45) is 0.680. The molecule has 154 valence electrons. The number of rotatable bonds is 6. The molecule has 1 amide bonds. The standard InChI is InChI=1S/C19H22N4O6/c1-3-29-18(25)22-11-16-15(20-12-21-16)9-19(22,17(24)28-2)14(10-23(26)27)13-7-5-4-6-8-13/h4-8,12,14H,3,9-11H2,1-2H3,(H,20,21)/t14?,19-/m1/s1. The number of amides is 1. The summed E-state index contributed by atoms with van der Waals surface area (Å²) >= 11 is 0. The molecule has 29 heavy (non-hydrogen) atoms. The molecule has 0 spiro atoms. The van der Waals surface area contributed by atoms with Crippen molar-refractivity contribution in [2.45, 2.75) is 31.3 Å². The lowest BCUT2D eigenvalue weighted by molar-refractivity contribution is -0.485. The van der Waals surface area contributed by atoms with Crippen molar-refractivity contribution in [3.05, 3.63) is 63.7 Å². The average Bonchev–Trinajstić information content (AvgIpc) is 3.18. The number of fused-ring (bicyclic) bond motifs is 1. The lowest BCUT2D eigenvalue weighted by atomic mass is 9.72. The largest absolute Gasteiger partial charge is 0.467 e. The molecule has 0 saturated heterocycles. The zero-order valence-corrected chi connectivity index (χ0v) is 16.2. The van der Waals surface area contributed by atoms with Crippen LogP contribution in [0.15, 0.2) is 36.7 Å². The number of methoxy groups -OCH3 is 1. The van der Waals surface area contributed by atoms with Gasteiger partial charge in [0.15, 0.2) is 5.54 Å². The maximum Gasteiger partial charge on any atom is 0.411 e. The van der Waals surface area contributed by atoms with E-state index in [0.717, 1.165) is 0 Å². The quantitative estimate of drug-likeness (QED) is 0.444. The highest BCUT2D eigenvalue weighted by molar-refractivity contribution is 5.88. The van der Waals surface area contributed by atoms with E-state index in [9.17, 15) is 19.7 Å². The molecule has 1 N–H and O–H groups in total. The van der Waals surface area contributed by atoms with Gasteiger partial charge in [-0.1, -0.05) is 30.3 Å². The van der Waals surface area contributed by atoms with Crippen molar-refractivity contribution in [1.29, 1.82) is 0 Å². The van der Waals surface area contributed by atoms with E-state index < -0.39 is 35.0 Å². The monoisotopic (exact) mass is 402 g/mol. The van der Waals surface area contributed by atoms with Gasteiger partial charge in [-0.15, -0.1) is 0 Å². The highest BCUT2D eigenvalue weighted by atomic mass is 16.6. The number of carbonyl (C=O) groups excluding carboxylic acids is 2. The lowest BCUT2D eigenvalue weighted by Crippen LogP contribution is -2.65. The van der Waals surface area contributed by atoms with Crippen LogP contribution in [0.4, 0.5) is 4.79 Å². The predicted molar refractivity (Wildman–Crippen MR) is 101 cm³/mol. The van der Waals surface area contributed by atoms with Gasteiger partial charge in [0.1, 0.15) is 0 Å². The minimum Gasteiger partial charge on any atom is -0.467 e. The Morgan fingerprint density at radius 1 is 1.38 bits per heavy atom. The van der Waals surface area contributed by atoms with E-state index in [0.29, 0.717) is 17.0 Å². The first-order valence-corrected chi connectivity index (χ1v) is 9.14. The van der Waals surface area contributed by atoms with Crippen LogP contribution in [0.3, 0.4) is 0 Å². The molecule has 2 heterocycles. The Morgan fingerprint density at radius 3 is 2.72 bits per heavy atom. The molecular formula is C19H22N4O6. The van der Waals surface area contributed by atoms with Crippen LogP contribution in [0, 0.1) is 10.1 Å². The first kappa shape index (κ1) is 20.3. The number of nitro groups is 1. The van der Waals surface area contributed by atoms with Gasteiger partial charge >= 0.3 is 12.1 Å². The smallest absolute Gasteiger partial charge is 0.411 e. The summed E-state index contributed by atoms with van der Waals surface area (Å²) in [6, 6.07) is 8.62. The fraction of sp³-hybridized carbons (Fsp3) is 0.421. The summed E-state index contributed by atoms with van der Waals surface area (Å²) in [5.74, 6) is -1.73. The van der Waals surface area contributed by atoms with Gasteiger partial charge in [-0.05, 0) is 12.5 Å². The van der Waals surface area contributed by atoms with Gasteiger partial charge in [0.05, 0.1) is 43.9 Å². The Kier molecular flexibility index (Phi) is 5.81. The van der Waals surface area contributed by atoms with Crippen molar-refractivity contribution in [1.82, 2.24) is 14.9 Å². The van der Waals surface area contributed by atoms with Gasteiger partial charge in [0.2, 0.25) is 6.54 Å². The van der Waals surface area contributed by atoms with Crippen molar-refractivity contribution in [3.63, 3.8) is 0 Å². The molecule has 2 aromatic rings. The van der Waals surface area contributed by atoms with Crippen LogP contribution in [0.1, 0.15) is 29.8 Å². The van der Waals surface area contributed by atoms with Crippen LogP contribution in [0.5, 0.6) is 0 Å². The number of ether oxygens (including phenoxy) is 2. The van der Waals surface area contributed by atoms with E-state index in [1.807, 2.05) is 0 Å². The summed E-state index contributed by atoms with van der Waals surface area (Å²) in [5.41, 5.74) is 0.0612. The molecule has 0 aliphatic carbocycles. The average molecular weight is 402 g/mol. The zero-order chi connectivity index (χ0) is 21.0. The second kappa shape index (κ2) is 8.29. The minimum atomic E-state index is -1.68. The van der Waals surface area contributed by atoms with Gasteiger partial charge in [0, 0.05) is 11.3 Å². The molecule has 3 rings (SSSR count). The maximum atomic E-state index is 13.2. The number of imidazole rings is 1. The number of carbonyl (C=O) groups is 2. The van der Waals surface area contributed by atoms with E-state index in [1.54, 1.807) is 37.3 Å². The highest BCUT2D eigenvalue weighted by Gasteiger charge is 2.59. The van der Waals surface area contributed by atoms with Crippen LogP contribution >= 0.6 is 0 Å². The first-order valence-electron chi connectivity index (χ1n) is 9.14. The second-order valence-corrected chi connectivity index (χ2v) is 6.68. The molecule has 0 bridgehead atoms. The first-order chi connectivity index (χ1) is 13.9. The van der Waals surface area contributed by atoms with Gasteiger partial charge in [-0.2, -0.15) is 0 Å². The molecule has 1 aliphatic rings. The topological polar surface area (TPSA) is 128 Å². The number of hydrogen-bond acceptors (Lipinski definition) is 7. The van der Waals surface area contributed by atoms with Crippen molar-refractivity contribution >= 4 is 12.1 Å². The van der Waals surface area contributed by atoms with Gasteiger partial charge in [-0.25, -0.2) is 14.6 Å². The number of esters is 1. The van der Waals surface area contributed by atoms with Crippen molar-refractivity contribution < 1.29 is 24.0 Å². The predicted octanol–water partition coefficient (Wildman–Crippen LogP) is 1.90. The number of aromatic amines is 1. The summed E-state index contributed by atoms with van der Waals surface area (Å²) < 4.78 is 10.3. The van der Waals surface area contributed by atoms with Crippen molar-refractivity contribution in [3.8, 4) is 0 Å². The third-order valence-corrected chi connectivity index (χ3v) is 5.18. The zero-order valence-electron chi connectivity index (χ0n) is 16.2. The van der Waals surface area contributed by atoms with E-state index >= 15 is 0 Å². The van der Waals surface area contributed by atoms with Crippen LogP contribution in [0.25, 0.3) is 0 Å². The Labute approximate surface area is 167 Å². The van der Waals surface area contributed by atoms with Crippen LogP contribution in [-0.2, 0) is 27.2 Å². The Bertz CT molecular complexity index is 899. The Hall–Kier alpha value is -3.43.